The molecule has 1 N–H and O–H groups in total. The van der Waals surface area contributed by atoms with Crippen molar-refractivity contribution in [3.63, 3.8) is 0 Å². The van der Waals surface area contributed by atoms with Crippen LogP contribution in [0.5, 0.6) is 0 Å². The van der Waals surface area contributed by atoms with Crippen molar-refractivity contribution >= 4 is 5.97 Å². The van der Waals surface area contributed by atoms with Gasteiger partial charge in [-0.1, -0.05) is 18.1 Å². The first-order valence-corrected chi connectivity index (χ1v) is 7.13. The van der Waals surface area contributed by atoms with E-state index in [0.29, 0.717) is 6.04 Å². The van der Waals surface area contributed by atoms with Crippen LogP contribution in [0, 0.1) is 18.3 Å². The first kappa shape index (κ1) is 13.2. The van der Waals surface area contributed by atoms with Crippen molar-refractivity contribution in [2.24, 2.45) is 5.92 Å². The largest absolute Gasteiger partial charge is 0.469 e. The Bertz CT molecular complexity index is 543. The van der Waals surface area contributed by atoms with Crippen LogP contribution in [0.3, 0.4) is 0 Å². The highest BCUT2D eigenvalue weighted by molar-refractivity contribution is 5.75. The smallest absolute Gasteiger partial charge is 0.310 e. The Labute approximate surface area is 119 Å². The summed E-state index contributed by atoms with van der Waals surface area (Å²) in [6.45, 7) is 0. The number of ether oxygens (including phenoxy) is 1. The van der Waals surface area contributed by atoms with Gasteiger partial charge in [0.15, 0.2) is 0 Å². The van der Waals surface area contributed by atoms with Crippen LogP contribution in [-0.4, -0.2) is 25.2 Å². The van der Waals surface area contributed by atoms with Crippen LogP contribution >= 0.6 is 0 Å². The number of fused-ring (bicyclic) bond motifs is 2. The fraction of sp³-hybridized carbons (Fsp3) is 0.471. The van der Waals surface area contributed by atoms with Gasteiger partial charge in [-0.05, 0) is 37.0 Å². The first-order valence-electron chi connectivity index (χ1n) is 7.13. The minimum absolute atomic E-state index is 0.0876. The highest BCUT2D eigenvalue weighted by atomic mass is 16.5. The monoisotopic (exact) mass is 269 g/mol. The number of piperidine rings is 1. The molecule has 3 heteroatoms. The van der Waals surface area contributed by atoms with E-state index in [2.05, 4.69) is 23.4 Å². The molecule has 0 unspecified atom stereocenters. The van der Waals surface area contributed by atoms with Crippen LogP contribution in [0.2, 0.25) is 0 Å². The fourth-order valence-corrected chi connectivity index (χ4v) is 3.69. The van der Waals surface area contributed by atoms with E-state index in [0.717, 1.165) is 24.8 Å². The molecule has 0 aliphatic carbocycles. The van der Waals surface area contributed by atoms with Crippen LogP contribution < -0.4 is 5.32 Å². The minimum Gasteiger partial charge on any atom is -0.469 e. The van der Waals surface area contributed by atoms with Crippen molar-refractivity contribution in [1.82, 2.24) is 5.32 Å². The van der Waals surface area contributed by atoms with Gasteiger partial charge < -0.3 is 10.1 Å². The van der Waals surface area contributed by atoms with E-state index >= 15 is 0 Å². The summed E-state index contributed by atoms with van der Waals surface area (Å²) in [5.74, 6) is 2.67. The van der Waals surface area contributed by atoms with Crippen molar-refractivity contribution < 1.29 is 9.53 Å². The Kier molecular flexibility index (Phi) is 3.50. The summed E-state index contributed by atoms with van der Waals surface area (Å²) in [7, 11) is 1.47. The molecule has 4 atom stereocenters. The Balaban J connectivity index is 1.92. The molecule has 2 aliphatic rings. The molecule has 0 spiro atoms. The molecule has 1 aromatic carbocycles. The average Bonchev–Trinajstić information content (AvgIpc) is 2.88. The number of nitrogens with one attached hydrogen (secondary N) is 1. The molecular weight excluding hydrogens is 250 g/mol. The molecule has 0 saturated carbocycles. The van der Waals surface area contributed by atoms with Gasteiger partial charge in [0.05, 0.1) is 13.0 Å². The van der Waals surface area contributed by atoms with E-state index in [-0.39, 0.29) is 23.8 Å². The second-order valence-corrected chi connectivity index (χ2v) is 5.70. The maximum absolute atomic E-state index is 12.2. The summed E-state index contributed by atoms with van der Waals surface area (Å²) in [4.78, 5) is 12.2. The lowest BCUT2D eigenvalue weighted by Crippen LogP contribution is -2.48. The lowest BCUT2D eigenvalue weighted by atomic mass is 9.77. The van der Waals surface area contributed by atoms with Crippen molar-refractivity contribution in [3.05, 3.63) is 35.4 Å². The third-order valence-corrected chi connectivity index (χ3v) is 4.66. The van der Waals surface area contributed by atoms with Crippen molar-refractivity contribution in [3.8, 4) is 12.3 Å². The van der Waals surface area contributed by atoms with E-state index in [1.54, 1.807) is 0 Å². The Morgan fingerprint density at radius 1 is 1.35 bits per heavy atom. The summed E-state index contributed by atoms with van der Waals surface area (Å²) >= 11 is 0. The molecule has 2 saturated heterocycles. The van der Waals surface area contributed by atoms with Crippen molar-refractivity contribution in [1.29, 1.82) is 0 Å². The zero-order valence-corrected chi connectivity index (χ0v) is 11.6. The molecule has 3 nitrogen and oxygen atoms in total. The Morgan fingerprint density at radius 3 is 2.75 bits per heavy atom. The second kappa shape index (κ2) is 5.30. The Morgan fingerprint density at radius 2 is 2.10 bits per heavy atom. The molecule has 0 aromatic heterocycles. The third-order valence-electron chi connectivity index (χ3n) is 4.66. The van der Waals surface area contributed by atoms with Crippen LogP contribution in [-0.2, 0) is 9.53 Å². The maximum atomic E-state index is 12.2. The van der Waals surface area contributed by atoms with Gasteiger partial charge in [-0.3, -0.25) is 4.79 Å². The number of esters is 1. The highest BCUT2D eigenvalue weighted by Gasteiger charge is 2.46. The average molecular weight is 269 g/mol. The van der Waals surface area contributed by atoms with Gasteiger partial charge >= 0.3 is 5.97 Å². The van der Waals surface area contributed by atoms with Crippen LogP contribution in [0.25, 0.3) is 0 Å². The minimum atomic E-state index is -0.103. The molecule has 2 heterocycles. The van der Waals surface area contributed by atoms with Crippen LogP contribution in [0.15, 0.2) is 24.3 Å². The molecule has 2 bridgehead atoms. The zero-order chi connectivity index (χ0) is 14.1. The van der Waals surface area contributed by atoms with Gasteiger partial charge in [-0.15, -0.1) is 6.42 Å². The van der Waals surface area contributed by atoms with E-state index in [1.807, 2.05) is 12.1 Å². The Hall–Kier alpha value is -1.79. The predicted molar refractivity (Wildman–Crippen MR) is 77.2 cm³/mol. The summed E-state index contributed by atoms with van der Waals surface area (Å²) < 4.78 is 5.03. The second-order valence-electron chi connectivity index (χ2n) is 5.70. The van der Waals surface area contributed by atoms with Gasteiger partial charge in [-0.2, -0.15) is 0 Å². The fourth-order valence-electron chi connectivity index (χ4n) is 3.69. The van der Waals surface area contributed by atoms with Gasteiger partial charge in [-0.25, -0.2) is 0 Å². The first-order chi connectivity index (χ1) is 9.72. The number of hydrogen-bond acceptors (Lipinski definition) is 3. The molecule has 0 amide bonds. The predicted octanol–water partition coefficient (Wildman–Crippen LogP) is 2.06. The number of terminal acetylenes is 1. The molecular formula is C17H19NO2. The van der Waals surface area contributed by atoms with E-state index in [9.17, 15) is 4.79 Å². The van der Waals surface area contributed by atoms with Gasteiger partial charge in [0.2, 0.25) is 0 Å². The van der Waals surface area contributed by atoms with E-state index in [1.165, 1.54) is 12.7 Å². The molecule has 104 valence electrons. The molecule has 3 rings (SSSR count). The highest BCUT2D eigenvalue weighted by Crippen LogP contribution is 2.42. The van der Waals surface area contributed by atoms with E-state index in [4.69, 9.17) is 11.2 Å². The zero-order valence-electron chi connectivity index (χ0n) is 11.6. The van der Waals surface area contributed by atoms with Gasteiger partial charge in [0.25, 0.3) is 0 Å². The quantitative estimate of drug-likeness (QED) is 0.660. The molecule has 2 fully saturated rings. The molecule has 1 aromatic rings. The van der Waals surface area contributed by atoms with Gasteiger partial charge in [0, 0.05) is 23.6 Å². The topological polar surface area (TPSA) is 38.3 Å². The SMILES string of the molecule is C#Cc1ccc([C@H]2C[C@@H]3CC[C@@H](N3)[C@H]2C(=O)OC)cc1. The molecule has 2 aliphatic heterocycles. The number of carbonyl (C=O) groups excluding carboxylic acids is 1. The van der Waals surface area contributed by atoms with E-state index < -0.39 is 0 Å². The number of methoxy groups -OCH3 is 1. The summed E-state index contributed by atoms with van der Waals surface area (Å²) in [5, 5.41) is 3.54. The van der Waals surface area contributed by atoms with Crippen molar-refractivity contribution in [2.75, 3.05) is 7.11 Å². The summed E-state index contributed by atoms with van der Waals surface area (Å²) in [6, 6.07) is 8.79. The number of carbonyl (C=O) groups is 1. The number of hydrogen-bond donors (Lipinski definition) is 1. The molecule has 20 heavy (non-hydrogen) atoms. The van der Waals surface area contributed by atoms with Gasteiger partial charge in [0.1, 0.15) is 0 Å². The standard InChI is InChI=1S/C17H19NO2/c1-3-11-4-6-12(7-5-11)14-10-13-8-9-15(18-13)16(14)17(19)20-2/h1,4-7,13-16,18H,8-10H2,2H3/t13-,14+,15+,16-/m0/s1. The van der Waals surface area contributed by atoms with Crippen LogP contribution in [0.1, 0.15) is 36.3 Å². The summed E-state index contributed by atoms with van der Waals surface area (Å²) in [6.07, 6.45) is 8.60. The lowest BCUT2D eigenvalue weighted by molar-refractivity contribution is -0.148. The lowest BCUT2D eigenvalue weighted by Gasteiger charge is -2.36. The van der Waals surface area contributed by atoms with Crippen LogP contribution in [0.4, 0.5) is 0 Å². The summed E-state index contributed by atoms with van der Waals surface area (Å²) in [5.41, 5.74) is 2.07. The molecule has 0 radical (unpaired) electrons. The number of rotatable bonds is 2. The van der Waals surface area contributed by atoms with Crippen molar-refractivity contribution in [2.45, 2.75) is 37.3 Å². The third kappa shape index (κ3) is 2.21. The normalized spacial score (nSPS) is 31.6. The maximum Gasteiger partial charge on any atom is 0.310 e. The number of benzene rings is 1.